The van der Waals surface area contributed by atoms with Crippen molar-refractivity contribution in [3.05, 3.63) is 40.8 Å². The molecule has 23 heavy (non-hydrogen) atoms. The Balaban J connectivity index is 1.80. The smallest absolute Gasteiger partial charge is 0.202 e. The average Bonchev–Trinajstić information content (AvgIpc) is 3.17. The second kappa shape index (κ2) is 6.64. The van der Waals surface area contributed by atoms with Crippen LogP contribution in [0.1, 0.15) is 42.6 Å². The molecule has 0 aliphatic heterocycles. The van der Waals surface area contributed by atoms with Gasteiger partial charge in [0.15, 0.2) is 11.5 Å². The summed E-state index contributed by atoms with van der Waals surface area (Å²) in [4.78, 5) is 0. The standard InChI is InChI=1S/C15H18FN5O2/c1-2-7-17-14-13(20-23-21-14)15(19-22)18-12-6-4-9-3-5-10(16)8-11(9)12/h3,5,8,12,22H,2,4,6-7H2,1H3,(H,17,21)(H,18,19). The molecule has 1 aromatic heterocycles. The van der Waals surface area contributed by atoms with E-state index in [4.69, 9.17) is 4.63 Å². The highest BCUT2D eigenvalue weighted by Gasteiger charge is 2.26. The fraction of sp³-hybridized carbons (Fsp3) is 0.400. The summed E-state index contributed by atoms with van der Waals surface area (Å²) in [6, 6.07) is 4.60. The van der Waals surface area contributed by atoms with Crippen LogP contribution in [-0.2, 0) is 6.42 Å². The van der Waals surface area contributed by atoms with Crippen molar-refractivity contribution in [3.8, 4) is 0 Å². The van der Waals surface area contributed by atoms with E-state index in [1.165, 1.54) is 12.1 Å². The topological polar surface area (TPSA) is 95.6 Å². The molecule has 1 aliphatic rings. The molecule has 3 N–H and O–H groups in total. The van der Waals surface area contributed by atoms with E-state index < -0.39 is 0 Å². The van der Waals surface area contributed by atoms with Crippen LogP contribution in [0.25, 0.3) is 0 Å². The second-order valence-corrected chi connectivity index (χ2v) is 5.42. The lowest BCUT2D eigenvalue weighted by molar-refractivity contribution is 0.303. The number of hydrogen-bond acceptors (Lipinski definition) is 6. The fourth-order valence-electron chi connectivity index (χ4n) is 2.74. The quantitative estimate of drug-likeness (QED) is 0.339. The maximum Gasteiger partial charge on any atom is 0.202 e. The van der Waals surface area contributed by atoms with Crippen molar-refractivity contribution in [3.63, 3.8) is 0 Å². The lowest BCUT2D eigenvalue weighted by Gasteiger charge is -2.15. The Morgan fingerprint density at radius 1 is 1.48 bits per heavy atom. The minimum absolute atomic E-state index is 0.145. The highest BCUT2D eigenvalue weighted by Crippen LogP contribution is 2.32. The van der Waals surface area contributed by atoms with E-state index in [0.717, 1.165) is 30.4 Å². The summed E-state index contributed by atoms with van der Waals surface area (Å²) in [5.74, 6) is 0.268. The van der Waals surface area contributed by atoms with Gasteiger partial charge in [-0.1, -0.05) is 18.1 Å². The number of aryl methyl sites for hydroxylation is 1. The molecule has 1 heterocycles. The van der Waals surface area contributed by atoms with Crippen LogP contribution in [0.5, 0.6) is 0 Å². The lowest BCUT2D eigenvalue weighted by atomic mass is 10.1. The summed E-state index contributed by atoms with van der Waals surface area (Å²) in [6.07, 6.45) is 2.52. The van der Waals surface area contributed by atoms with Gasteiger partial charge in [0.05, 0.1) is 6.04 Å². The Hall–Kier alpha value is -2.64. The zero-order chi connectivity index (χ0) is 16.2. The molecule has 2 aromatic rings. The first kappa shape index (κ1) is 15.3. The monoisotopic (exact) mass is 319 g/mol. The van der Waals surface area contributed by atoms with Gasteiger partial charge in [0.25, 0.3) is 0 Å². The van der Waals surface area contributed by atoms with Crippen molar-refractivity contribution < 1.29 is 14.2 Å². The van der Waals surface area contributed by atoms with Gasteiger partial charge < -0.3 is 15.8 Å². The number of anilines is 1. The van der Waals surface area contributed by atoms with Crippen LogP contribution in [0.4, 0.5) is 10.2 Å². The molecule has 0 spiro atoms. The van der Waals surface area contributed by atoms with E-state index in [1.807, 2.05) is 6.92 Å². The van der Waals surface area contributed by atoms with Crippen molar-refractivity contribution in [2.45, 2.75) is 32.2 Å². The number of aromatic nitrogens is 2. The molecule has 0 saturated carbocycles. The molecule has 1 unspecified atom stereocenters. The van der Waals surface area contributed by atoms with Crippen LogP contribution in [0.3, 0.4) is 0 Å². The molecule has 0 fully saturated rings. The first-order chi connectivity index (χ1) is 11.2. The highest BCUT2D eigenvalue weighted by molar-refractivity contribution is 6.00. The van der Waals surface area contributed by atoms with Gasteiger partial charge in [-0.15, -0.1) is 0 Å². The first-order valence-electron chi connectivity index (χ1n) is 7.56. The molecular weight excluding hydrogens is 301 g/mol. The zero-order valence-corrected chi connectivity index (χ0v) is 12.7. The summed E-state index contributed by atoms with van der Waals surface area (Å²) in [6.45, 7) is 2.71. The van der Waals surface area contributed by atoms with Crippen molar-refractivity contribution in [1.82, 2.24) is 15.6 Å². The molecule has 0 bridgehead atoms. The Labute approximate surface area is 132 Å². The maximum absolute atomic E-state index is 13.5. The summed E-state index contributed by atoms with van der Waals surface area (Å²) < 4.78 is 18.2. The third-order valence-electron chi connectivity index (χ3n) is 3.85. The molecule has 1 aromatic carbocycles. The molecule has 7 nitrogen and oxygen atoms in total. The molecule has 0 radical (unpaired) electrons. The van der Waals surface area contributed by atoms with Gasteiger partial charge in [-0.05, 0) is 52.8 Å². The minimum atomic E-state index is -0.284. The number of halogens is 1. The number of hydrogen-bond donors (Lipinski definition) is 3. The number of nitrogens with zero attached hydrogens (tertiary/aromatic N) is 3. The number of nitrogens with one attached hydrogen (secondary N) is 2. The van der Waals surface area contributed by atoms with Gasteiger partial charge in [0.1, 0.15) is 5.82 Å². The Morgan fingerprint density at radius 3 is 3.13 bits per heavy atom. The van der Waals surface area contributed by atoms with Gasteiger partial charge in [-0.25, -0.2) is 9.02 Å². The van der Waals surface area contributed by atoms with E-state index >= 15 is 0 Å². The van der Waals surface area contributed by atoms with Crippen LogP contribution in [-0.4, -0.2) is 27.9 Å². The fourth-order valence-corrected chi connectivity index (χ4v) is 2.74. The van der Waals surface area contributed by atoms with Crippen molar-refractivity contribution in [1.29, 1.82) is 0 Å². The molecule has 3 rings (SSSR count). The molecular formula is C15H18FN5O2. The van der Waals surface area contributed by atoms with Crippen LogP contribution in [0.2, 0.25) is 0 Å². The lowest BCUT2D eigenvalue weighted by Crippen LogP contribution is -2.29. The normalized spacial score (nSPS) is 17.1. The van der Waals surface area contributed by atoms with Gasteiger partial charge >= 0.3 is 0 Å². The van der Waals surface area contributed by atoms with Crippen molar-refractivity contribution in [2.24, 2.45) is 5.16 Å². The van der Waals surface area contributed by atoms with Gasteiger partial charge in [0.2, 0.25) is 5.82 Å². The van der Waals surface area contributed by atoms with Crippen molar-refractivity contribution in [2.75, 3.05) is 11.9 Å². The van der Waals surface area contributed by atoms with E-state index in [0.29, 0.717) is 18.1 Å². The summed E-state index contributed by atoms with van der Waals surface area (Å²) in [5, 5.41) is 26.3. The SMILES string of the molecule is CCCNc1nonc1/C(=N/O)NC1CCc2ccc(F)cc21. The third kappa shape index (κ3) is 3.10. The van der Waals surface area contributed by atoms with Crippen LogP contribution < -0.4 is 10.6 Å². The first-order valence-corrected chi connectivity index (χ1v) is 7.56. The van der Waals surface area contributed by atoms with Gasteiger partial charge in [0, 0.05) is 6.54 Å². The number of oxime groups is 1. The van der Waals surface area contributed by atoms with Crippen molar-refractivity contribution >= 4 is 11.7 Å². The molecule has 122 valence electrons. The average molecular weight is 319 g/mol. The molecule has 8 heteroatoms. The van der Waals surface area contributed by atoms with Gasteiger partial charge in [-0.2, -0.15) is 0 Å². The Morgan fingerprint density at radius 2 is 2.35 bits per heavy atom. The highest BCUT2D eigenvalue weighted by atomic mass is 19.1. The van der Waals surface area contributed by atoms with Crippen LogP contribution in [0, 0.1) is 5.82 Å². The largest absolute Gasteiger partial charge is 0.409 e. The van der Waals surface area contributed by atoms with E-state index in [2.05, 4.69) is 26.1 Å². The van der Waals surface area contributed by atoms with Crippen LogP contribution in [0.15, 0.2) is 28.0 Å². The third-order valence-corrected chi connectivity index (χ3v) is 3.85. The molecule has 0 saturated heterocycles. The minimum Gasteiger partial charge on any atom is -0.409 e. The summed E-state index contributed by atoms with van der Waals surface area (Å²) in [7, 11) is 0. The maximum atomic E-state index is 13.5. The molecule has 0 amide bonds. The number of benzene rings is 1. The van der Waals surface area contributed by atoms with E-state index in [1.54, 1.807) is 6.07 Å². The number of rotatable bonds is 5. The summed E-state index contributed by atoms with van der Waals surface area (Å²) in [5.41, 5.74) is 2.25. The Kier molecular flexibility index (Phi) is 4.40. The predicted molar refractivity (Wildman–Crippen MR) is 82.0 cm³/mol. The number of amidine groups is 1. The predicted octanol–water partition coefficient (Wildman–Crippen LogP) is 2.44. The van der Waals surface area contributed by atoms with E-state index in [-0.39, 0.29) is 17.7 Å². The zero-order valence-electron chi connectivity index (χ0n) is 12.7. The molecule has 1 aliphatic carbocycles. The van der Waals surface area contributed by atoms with Gasteiger partial charge in [-0.3, -0.25) is 0 Å². The Bertz CT molecular complexity index is 716. The summed E-state index contributed by atoms with van der Waals surface area (Å²) >= 11 is 0. The second-order valence-electron chi connectivity index (χ2n) is 5.42. The van der Waals surface area contributed by atoms with Crippen LogP contribution >= 0.6 is 0 Å². The molecule has 1 atom stereocenters. The van der Waals surface area contributed by atoms with E-state index in [9.17, 15) is 9.60 Å². The number of fused-ring (bicyclic) bond motifs is 1.